The van der Waals surface area contributed by atoms with E-state index in [4.69, 9.17) is 0 Å². The number of fused-ring (bicyclic) bond motifs is 1. The number of benzene rings is 2. The summed E-state index contributed by atoms with van der Waals surface area (Å²) in [5, 5.41) is 12.3. The molecule has 0 spiro atoms. The first kappa shape index (κ1) is 11.0. The third kappa shape index (κ3) is 1.67. The molecule has 0 saturated carbocycles. The van der Waals surface area contributed by atoms with Crippen LogP contribution in [0.3, 0.4) is 0 Å². The molecule has 0 aliphatic heterocycles. The topological polar surface area (TPSA) is 20.2 Å². The normalized spacial score (nSPS) is 12.0. The van der Waals surface area contributed by atoms with Crippen molar-refractivity contribution in [3.05, 3.63) is 41.5 Å². The van der Waals surface area contributed by atoms with Gasteiger partial charge in [0, 0.05) is 5.39 Å². The van der Waals surface area contributed by atoms with E-state index >= 15 is 0 Å². The fourth-order valence-electron chi connectivity index (χ4n) is 2.09. The van der Waals surface area contributed by atoms with Gasteiger partial charge in [-0.05, 0) is 28.9 Å². The molecule has 0 radical (unpaired) electrons. The van der Waals surface area contributed by atoms with Crippen molar-refractivity contribution in [3.63, 3.8) is 0 Å². The number of phenols is 1. The molecule has 1 nitrogen and oxygen atoms in total. The lowest BCUT2D eigenvalue weighted by Gasteiger charge is -2.22. The summed E-state index contributed by atoms with van der Waals surface area (Å²) in [4.78, 5) is 0. The SMILES string of the molecule is Cc1ccc2cccc(C(C)(C)C)c2c1O. The molecule has 0 fully saturated rings. The minimum atomic E-state index is 0.0464. The van der Waals surface area contributed by atoms with Crippen LogP contribution in [0.15, 0.2) is 30.3 Å². The lowest BCUT2D eigenvalue weighted by Crippen LogP contribution is -2.11. The maximum absolute atomic E-state index is 10.2. The predicted molar refractivity (Wildman–Crippen MR) is 69.0 cm³/mol. The molecule has 1 N–H and O–H groups in total. The van der Waals surface area contributed by atoms with Gasteiger partial charge in [0.25, 0.3) is 0 Å². The van der Waals surface area contributed by atoms with Gasteiger partial charge in [-0.1, -0.05) is 51.1 Å². The van der Waals surface area contributed by atoms with Gasteiger partial charge in [-0.3, -0.25) is 0 Å². The van der Waals surface area contributed by atoms with E-state index in [0.717, 1.165) is 16.3 Å². The molecule has 0 heterocycles. The second-order valence-corrected chi connectivity index (χ2v) is 5.38. The van der Waals surface area contributed by atoms with Crippen LogP contribution in [-0.2, 0) is 5.41 Å². The van der Waals surface area contributed by atoms with Gasteiger partial charge in [0.15, 0.2) is 0 Å². The van der Waals surface area contributed by atoms with Gasteiger partial charge in [-0.15, -0.1) is 0 Å². The maximum Gasteiger partial charge on any atom is 0.126 e. The second kappa shape index (κ2) is 3.51. The van der Waals surface area contributed by atoms with Crippen molar-refractivity contribution in [2.45, 2.75) is 33.1 Å². The van der Waals surface area contributed by atoms with Gasteiger partial charge in [0.1, 0.15) is 5.75 Å². The van der Waals surface area contributed by atoms with E-state index in [1.807, 2.05) is 19.1 Å². The van der Waals surface area contributed by atoms with Crippen LogP contribution in [0.2, 0.25) is 0 Å². The lowest BCUT2D eigenvalue weighted by atomic mass is 9.83. The summed E-state index contributed by atoms with van der Waals surface area (Å²) in [6, 6.07) is 10.2. The van der Waals surface area contributed by atoms with Crippen LogP contribution < -0.4 is 0 Å². The van der Waals surface area contributed by atoms with Gasteiger partial charge in [-0.2, -0.15) is 0 Å². The molecular weight excluding hydrogens is 196 g/mol. The second-order valence-electron chi connectivity index (χ2n) is 5.38. The number of rotatable bonds is 0. The zero-order valence-corrected chi connectivity index (χ0v) is 10.3. The fraction of sp³-hybridized carbons (Fsp3) is 0.333. The Bertz CT molecular complexity index is 533. The number of aromatic hydroxyl groups is 1. The minimum absolute atomic E-state index is 0.0464. The summed E-state index contributed by atoms with van der Waals surface area (Å²) in [5.41, 5.74) is 2.18. The molecule has 0 aliphatic rings. The Labute approximate surface area is 96.7 Å². The standard InChI is InChI=1S/C15H18O/c1-10-8-9-11-6-5-7-12(15(2,3)4)13(11)14(10)16/h5-9,16H,1-4H3. The summed E-state index contributed by atoms with van der Waals surface area (Å²) in [6.45, 7) is 8.45. The molecule has 2 aromatic rings. The zero-order chi connectivity index (χ0) is 11.9. The van der Waals surface area contributed by atoms with Gasteiger partial charge >= 0.3 is 0 Å². The molecule has 0 atom stereocenters. The summed E-state index contributed by atoms with van der Waals surface area (Å²) in [7, 11) is 0. The number of hydrogen-bond donors (Lipinski definition) is 1. The number of phenolic OH excluding ortho intramolecular Hbond substituents is 1. The van der Waals surface area contributed by atoms with Crippen molar-refractivity contribution in [1.82, 2.24) is 0 Å². The van der Waals surface area contributed by atoms with E-state index in [-0.39, 0.29) is 5.41 Å². The molecule has 16 heavy (non-hydrogen) atoms. The van der Waals surface area contributed by atoms with Gasteiger partial charge in [0.2, 0.25) is 0 Å². The van der Waals surface area contributed by atoms with E-state index < -0.39 is 0 Å². The third-order valence-corrected chi connectivity index (χ3v) is 3.03. The average Bonchev–Trinajstić information content (AvgIpc) is 2.21. The third-order valence-electron chi connectivity index (χ3n) is 3.03. The molecule has 84 valence electrons. The first-order chi connectivity index (χ1) is 7.41. The smallest absolute Gasteiger partial charge is 0.126 e. The summed E-state index contributed by atoms with van der Waals surface area (Å²) < 4.78 is 0. The van der Waals surface area contributed by atoms with Gasteiger partial charge < -0.3 is 5.11 Å². The van der Waals surface area contributed by atoms with Crippen molar-refractivity contribution in [3.8, 4) is 5.75 Å². The highest BCUT2D eigenvalue weighted by atomic mass is 16.3. The first-order valence-electron chi connectivity index (χ1n) is 5.63. The average molecular weight is 214 g/mol. The molecule has 2 aromatic carbocycles. The van der Waals surface area contributed by atoms with Crippen molar-refractivity contribution < 1.29 is 5.11 Å². The van der Waals surface area contributed by atoms with E-state index in [9.17, 15) is 5.11 Å². The van der Waals surface area contributed by atoms with E-state index in [1.54, 1.807) is 0 Å². The highest BCUT2D eigenvalue weighted by Gasteiger charge is 2.18. The molecule has 1 heteroatoms. The zero-order valence-electron chi connectivity index (χ0n) is 10.3. The molecule has 0 aromatic heterocycles. The van der Waals surface area contributed by atoms with Crippen molar-refractivity contribution in [1.29, 1.82) is 0 Å². The summed E-state index contributed by atoms with van der Waals surface area (Å²) in [5.74, 6) is 0.419. The highest BCUT2D eigenvalue weighted by molar-refractivity contribution is 5.92. The van der Waals surface area contributed by atoms with Crippen LogP contribution >= 0.6 is 0 Å². The highest BCUT2D eigenvalue weighted by Crippen LogP contribution is 2.36. The van der Waals surface area contributed by atoms with E-state index in [2.05, 4.69) is 39.0 Å². The fourth-order valence-corrected chi connectivity index (χ4v) is 2.09. The predicted octanol–water partition coefficient (Wildman–Crippen LogP) is 4.15. The summed E-state index contributed by atoms with van der Waals surface area (Å²) >= 11 is 0. The molecule has 0 aliphatic carbocycles. The van der Waals surface area contributed by atoms with Crippen LogP contribution in [0.5, 0.6) is 5.75 Å². The number of aryl methyl sites for hydroxylation is 1. The molecule has 0 bridgehead atoms. The Morgan fingerprint density at radius 1 is 1.00 bits per heavy atom. The van der Waals surface area contributed by atoms with Crippen LogP contribution in [-0.4, -0.2) is 5.11 Å². The Kier molecular flexibility index (Phi) is 2.42. The summed E-state index contributed by atoms with van der Waals surface area (Å²) in [6.07, 6.45) is 0. The van der Waals surface area contributed by atoms with Crippen molar-refractivity contribution in [2.24, 2.45) is 0 Å². The Balaban J connectivity index is 2.91. The molecule has 0 unspecified atom stereocenters. The van der Waals surface area contributed by atoms with Crippen LogP contribution in [0, 0.1) is 6.92 Å². The Morgan fingerprint density at radius 3 is 2.31 bits per heavy atom. The minimum Gasteiger partial charge on any atom is -0.507 e. The van der Waals surface area contributed by atoms with Crippen molar-refractivity contribution in [2.75, 3.05) is 0 Å². The van der Waals surface area contributed by atoms with Crippen LogP contribution in [0.1, 0.15) is 31.9 Å². The molecule has 0 amide bonds. The molecule has 0 saturated heterocycles. The largest absolute Gasteiger partial charge is 0.507 e. The first-order valence-corrected chi connectivity index (χ1v) is 5.63. The Morgan fingerprint density at radius 2 is 1.69 bits per heavy atom. The van der Waals surface area contributed by atoms with E-state index in [1.165, 1.54) is 5.56 Å². The Hall–Kier alpha value is -1.50. The lowest BCUT2D eigenvalue weighted by molar-refractivity contribution is 0.475. The van der Waals surface area contributed by atoms with Crippen molar-refractivity contribution >= 4 is 10.8 Å². The van der Waals surface area contributed by atoms with Crippen LogP contribution in [0.4, 0.5) is 0 Å². The van der Waals surface area contributed by atoms with E-state index in [0.29, 0.717) is 5.75 Å². The van der Waals surface area contributed by atoms with Gasteiger partial charge in [0.05, 0.1) is 0 Å². The van der Waals surface area contributed by atoms with Gasteiger partial charge in [-0.25, -0.2) is 0 Å². The molecular formula is C15H18O. The monoisotopic (exact) mass is 214 g/mol. The maximum atomic E-state index is 10.2. The van der Waals surface area contributed by atoms with Crippen LogP contribution in [0.25, 0.3) is 10.8 Å². The quantitative estimate of drug-likeness (QED) is 0.698. The molecule has 2 rings (SSSR count). The number of hydrogen-bond acceptors (Lipinski definition) is 1.